The van der Waals surface area contributed by atoms with Gasteiger partial charge in [0, 0.05) is 11.1 Å². The molecule has 3 aromatic rings. The first kappa shape index (κ1) is 9.77. The minimum atomic E-state index is 0.581. The van der Waals surface area contributed by atoms with Crippen molar-refractivity contribution < 1.29 is 4.42 Å². The van der Waals surface area contributed by atoms with Gasteiger partial charge in [0.15, 0.2) is 0 Å². The van der Waals surface area contributed by atoms with Crippen LogP contribution in [0.1, 0.15) is 5.56 Å². The van der Waals surface area contributed by atoms with E-state index in [-0.39, 0.29) is 0 Å². The molecule has 0 bridgehead atoms. The van der Waals surface area contributed by atoms with Gasteiger partial charge in [-0.05, 0) is 35.9 Å². The second-order valence-electron chi connectivity index (χ2n) is 3.74. The Kier molecular flexibility index (Phi) is 2.22. The van der Waals surface area contributed by atoms with Crippen LogP contribution in [-0.4, -0.2) is 20.6 Å². The fraction of sp³-hybridized carbons (Fsp3) is 0.0833. The van der Waals surface area contributed by atoms with E-state index >= 15 is 0 Å². The van der Waals surface area contributed by atoms with Gasteiger partial charge in [-0.15, -0.1) is 10.2 Å². The van der Waals surface area contributed by atoms with Gasteiger partial charge in [0.25, 0.3) is 0 Å². The summed E-state index contributed by atoms with van der Waals surface area (Å²) in [5.74, 6) is 1.42. The highest BCUT2D eigenvalue weighted by Gasteiger charge is 2.09. The molecule has 0 spiro atoms. The molecule has 0 atom stereocenters. The van der Waals surface area contributed by atoms with E-state index in [9.17, 15) is 0 Å². The minimum Gasteiger partial charge on any atom is -0.464 e. The first-order valence-electron chi connectivity index (χ1n) is 5.23. The third kappa shape index (κ3) is 1.71. The maximum absolute atomic E-state index is 5.41. The highest BCUT2D eigenvalue weighted by Crippen LogP contribution is 2.27. The van der Waals surface area contributed by atoms with E-state index in [2.05, 4.69) is 20.6 Å². The molecule has 0 radical (unpaired) electrons. The second kappa shape index (κ2) is 3.86. The van der Waals surface area contributed by atoms with Gasteiger partial charge < -0.3 is 4.42 Å². The van der Waals surface area contributed by atoms with Crippen LogP contribution >= 0.6 is 0 Å². The number of hydrogen-bond acceptors (Lipinski definition) is 4. The molecule has 5 heteroatoms. The molecule has 0 aliphatic rings. The zero-order chi connectivity index (χ0) is 11.7. The lowest BCUT2D eigenvalue weighted by atomic mass is 10.0. The van der Waals surface area contributed by atoms with Crippen LogP contribution in [0, 0.1) is 6.92 Å². The first-order valence-corrected chi connectivity index (χ1v) is 5.23. The average molecular weight is 226 g/mol. The highest BCUT2D eigenvalue weighted by molar-refractivity contribution is 5.69. The number of benzene rings is 1. The Morgan fingerprint density at radius 2 is 2.18 bits per heavy atom. The molecule has 0 saturated carbocycles. The van der Waals surface area contributed by atoms with Crippen molar-refractivity contribution in [2.75, 3.05) is 0 Å². The van der Waals surface area contributed by atoms with Crippen LogP contribution in [0.3, 0.4) is 0 Å². The van der Waals surface area contributed by atoms with Crippen molar-refractivity contribution in [1.82, 2.24) is 20.6 Å². The van der Waals surface area contributed by atoms with Crippen LogP contribution in [0.15, 0.2) is 41.0 Å². The number of rotatable bonds is 2. The third-order valence-electron chi connectivity index (χ3n) is 2.63. The molecule has 0 aliphatic heterocycles. The molecule has 5 nitrogen and oxygen atoms in total. The topological polar surface area (TPSA) is 67.6 Å². The van der Waals surface area contributed by atoms with E-state index < -0.39 is 0 Å². The predicted octanol–water partition coefficient (Wildman–Crippen LogP) is 2.44. The summed E-state index contributed by atoms with van der Waals surface area (Å²) < 4.78 is 5.41. The lowest BCUT2D eigenvalue weighted by Gasteiger charge is -2.04. The lowest BCUT2D eigenvalue weighted by Crippen LogP contribution is -1.86. The number of H-pyrrole nitrogens is 1. The number of furan rings is 1. The number of aromatic amines is 1. The second-order valence-corrected chi connectivity index (χ2v) is 3.74. The molecule has 1 N–H and O–H groups in total. The van der Waals surface area contributed by atoms with Gasteiger partial charge in [-0.25, -0.2) is 0 Å². The van der Waals surface area contributed by atoms with Crippen LogP contribution in [0.5, 0.6) is 0 Å². The molecular weight excluding hydrogens is 216 g/mol. The Bertz CT molecular complexity index is 614. The lowest BCUT2D eigenvalue weighted by molar-refractivity contribution is 0.582. The number of tetrazole rings is 1. The molecule has 84 valence electrons. The monoisotopic (exact) mass is 226 g/mol. The van der Waals surface area contributed by atoms with Crippen molar-refractivity contribution in [3.63, 3.8) is 0 Å². The Balaban J connectivity index is 2.13. The molecule has 0 unspecified atom stereocenters. The van der Waals surface area contributed by atoms with Crippen molar-refractivity contribution in [2.45, 2.75) is 6.92 Å². The summed E-state index contributed by atoms with van der Waals surface area (Å²) in [6.07, 6.45) is 1.66. The first-order chi connectivity index (χ1) is 8.34. The molecular formula is C12H10N4O. The molecule has 0 saturated heterocycles. The van der Waals surface area contributed by atoms with Crippen molar-refractivity contribution in [2.24, 2.45) is 0 Å². The van der Waals surface area contributed by atoms with E-state index in [0.29, 0.717) is 5.82 Å². The van der Waals surface area contributed by atoms with Crippen molar-refractivity contribution in [3.8, 4) is 22.7 Å². The van der Waals surface area contributed by atoms with E-state index in [1.54, 1.807) is 6.26 Å². The van der Waals surface area contributed by atoms with Crippen LogP contribution in [0.25, 0.3) is 22.7 Å². The average Bonchev–Trinajstić information content (AvgIpc) is 3.03. The maximum atomic E-state index is 5.41. The summed E-state index contributed by atoms with van der Waals surface area (Å²) in [5, 5.41) is 13.9. The number of nitrogens with one attached hydrogen (secondary N) is 1. The Morgan fingerprint density at radius 3 is 2.88 bits per heavy atom. The highest BCUT2D eigenvalue weighted by atomic mass is 16.3. The Hall–Kier alpha value is -2.43. The smallest absolute Gasteiger partial charge is 0.204 e. The van der Waals surface area contributed by atoms with Gasteiger partial charge in [0.2, 0.25) is 5.82 Å². The summed E-state index contributed by atoms with van der Waals surface area (Å²) in [6, 6.07) is 9.79. The molecule has 0 amide bonds. The van der Waals surface area contributed by atoms with Gasteiger partial charge in [-0.3, -0.25) is 0 Å². The largest absolute Gasteiger partial charge is 0.464 e. The molecule has 3 rings (SSSR count). The van der Waals surface area contributed by atoms with Crippen LogP contribution in [0.2, 0.25) is 0 Å². The number of aromatic nitrogens is 4. The predicted molar refractivity (Wildman–Crippen MR) is 62.1 cm³/mol. The summed E-state index contributed by atoms with van der Waals surface area (Å²) in [6.45, 7) is 2.04. The van der Waals surface area contributed by atoms with Gasteiger partial charge in [-0.2, -0.15) is 5.21 Å². The number of aryl methyl sites for hydroxylation is 1. The standard InChI is InChI=1S/C12H10N4O/c1-8-4-5-9(12-13-15-16-14-12)7-10(8)11-3-2-6-17-11/h2-7H,1H3,(H,13,14,15,16). The van der Waals surface area contributed by atoms with Crippen molar-refractivity contribution >= 4 is 0 Å². The van der Waals surface area contributed by atoms with Gasteiger partial charge in [0.1, 0.15) is 5.76 Å². The normalized spacial score (nSPS) is 10.6. The fourth-order valence-electron chi connectivity index (χ4n) is 1.74. The summed E-state index contributed by atoms with van der Waals surface area (Å²) >= 11 is 0. The van der Waals surface area contributed by atoms with Gasteiger partial charge in [0.05, 0.1) is 6.26 Å². The fourth-order valence-corrected chi connectivity index (χ4v) is 1.74. The van der Waals surface area contributed by atoms with Crippen LogP contribution in [-0.2, 0) is 0 Å². The summed E-state index contributed by atoms with van der Waals surface area (Å²) in [7, 11) is 0. The maximum Gasteiger partial charge on any atom is 0.204 e. The van der Waals surface area contributed by atoms with E-state index in [1.807, 2.05) is 37.3 Å². The van der Waals surface area contributed by atoms with Gasteiger partial charge >= 0.3 is 0 Å². The Labute approximate surface area is 97.5 Å². The SMILES string of the molecule is Cc1ccc(-c2nn[nH]n2)cc1-c1ccco1. The van der Waals surface area contributed by atoms with Crippen molar-refractivity contribution in [1.29, 1.82) is 0 Å². The molecule has 17 heavy (non-hydrogen) atoms. The number of nitrogens with zero attached hydrogens (tertiary/aromatic N) is 3. The zero-order valence-electron chi connectivity index (χ0n) is 9.21. The van der Waals surface area contributed by atoms with Crippen molar-refractivity contribution in [3.05, 3.63) is 42.2 Å². The Morgan fingerprint density at radius 1 is 1.24 bits per heavy atom. The number of hydrogen-bond donors (Lipinski definition) is 1. The summed E-state index contributed by atoms with van der Waals surface area (Å²) in [4.78, 5) is 0. The van der Waals surface area contributed by atoms with Crippen LogP contribution in [0.4, 0.5) is 0 Å². The zero-order valence-corrected chi connectivity index (χ0v) is 9.21. The molecule has 0 aliphatic carbocycles. The molecule has 2 aromatic heterocycles. The van der Waals surface area contributed by atoms with E-state index in [1.165, 1.54) is 0 Å². The van der Waals surface area contributed by atoms with Gasteiger partial charge in [-0.1, -0.05) is 12.1 Å². The minimum absolute atomic E-state index is 0.581. The van der Waals surface area contributed by atoms with E-state index in [0.717, 1.165) is 22.5 Å². The third-order valence-corrected chi connectivity index (χ3v) is 2.63. The quantitative estimate of drug-likeness (QED) is 0.728. The summed E-state index contributed by atoms with van der Waals surface area (Å²) in [5.41, 5.74) is 3.10. The molecule has 0 fully saturated rings. The van der Waals surface area contributed by atoms with E-state index in [4.69, 9.17) is 4.42 Å². The molecule has 2 heterocycles. The molecule has 1 aromatic carbocycles. The van der Waals surface area contributed by atoms with Crippen LogP contribution < -0.4 is 0 Å².